The number of benzene rings is 1. The SMILES string of the molecule is COc1cc([N+](=O)[O-])c(C2(C(=O)O)CC2)cc1OC. The molecule has 1 aliphatic rings. The van der Waals surface area contributed by atoms with Crippen LogP contribution in [-0.4, -0.2) is 30.2 Å². The van der Waals surface area contributed by atoms with Crippen molar-refractivity contribution in [3.8, 4) is 11.5 Å². The molecule has 0 saturated heterocycles. The second kappa shape index (κ2) is 4.42. The van der Waals surface area contributed by atoms with Crippen molar-refractivity contribution >= 4 is 11.7 Å². The van der Waals surface area contributed by atoms with E-state index in [9.17, 15) is 20.0 Å². The molecule has 1 N–H and O–H groups in total. The Labute approximate surface area is 108 Å². The van der Waals surface area contributed by atoms with E-state index in [1.54, 1.807) is 0 Å². The zero-order valence-corrected chi connectivity index (χ0v) is 10.5. The van der Waals surface area contributed by atoms with Gasteiger partial charge >= 0.3 is 5.97 Å². The lowest BCUT2D eigenvalue weighted by molar-refractivity contribution is -0.385. The van der Waals surface area contributed by atoms with Crippen LogP contribution in [0, 0.1) is 10.1 Å². The lowest BCUT2D eigenvalue weighted by Gasteiger charge is -2.14. The molecule has 0 bridgehead atoms. The van der Waals surface area contributed by atoms with Crippen molar-refractivity contribution in [3.05, 3.63) is 27.8 Å². The molecule has 0 radical (unpaired) electrons. The number of nitro groups is 1. The van der Waals surface area contributed by atoms with E-state index in [2.05, 4.69) is 0 Å². The molecule has 0 aromatic heterocycles. The Balaban J connectivity index is 2.65. The Morgan fingerprint density at radius 2 is 1.84 bits per heavy atom. The fraction of sp³-hybridized carbons (Fsp3) is 0.417. The predicted octanol–water partition coefficient (Wildman–Crippen LogP) is 1.73. The molecule has 7 nitrogen and oxygen atoms in total. The standard InChI is InChI=1S/C12H13NO6/c1-18-9-5-7(12(3-4-12)11(14)15)8(13(16)17)6-10(9)19-2/h5-6H,3-4H2,1-2H3,(H,14,15). The molecule has 1 saturated carbocycles. The molecule has 1 aliphatic carbocycles. The number of hydrogen-bond donors (Lipinski definition) is 1. The third-order valence-electron chi connectivity index (χ3n) is 3.37. The van der Waals surface area contributed by atoms with E-state index in [1.165, 1.54) is 26.4 Å². The van der Waals surface area contributed by atoms with Gasteiger partial charge in [0, 0.05) is 0 Å². The third-order valence-corrected chi connectivity index (χ3v) is 3.37. The van der Waals surface area contributed by atoms with Crippen molar-refractivity contribution in [2.75, 3.05) is 14.2 Å². The fourth-order valence-corrected chi connectivity index (χ4v) is 2.13. The minimum Gasteiger partial charge on any atom is -0.493 e. The lowest BCUT2D eigenvalue weighted by Crippen LogP contribution is -2.21. The minimum absolute atomic E-state index is 0.169. The van der Waals surface area contributed by atoms with Crippen LogP contribution in [0.15, 0.2) is 12.1 Å². The summed E-state index contributed by atoms with van der Waals surface area (Å²) in [6, 6.07) is 2.59. The zero-order valence-electron chi connectivity index (χ0n) is 10.5. The van der Waals surface area contributed by atoms with Crippen molar-refractivity contribution in [3.63, 3.8) is 0 Å². The summed E-state index contributed by atoms with van der Waals surface area (Å²) < 4.78 is 10.1. The highest BCUT2D eigenvalue weighted by atomic mass is 16.6. The summed E-state index contributed by atoms with van der Waals surface area (Å²) in [4.78, 5) is 21.8. The van der Waals surface area contributed by atoms with Crippen LogP contribution in [0.5, 0.6) is 11.5 Å². The summed E-state index contributed by atoms with van der Waals surface area (Å²) in [5, 5.41) is 20.4. The highest BCUT2D eigenvalue weighted by Crippen LogP contribution is 2.53. The molecule has 0 spiro atoms. The van der Waals surface area contributed by atoms with Crippen molar-refractivity contribution < 1.29 is 24.3 Å². The van der Waals surface area contributed by atoms with Crippen molar-refractivity contribution in [2.45, 2.75) is 18.3 Å². The Bertz CT molecular complexity index is 549. The van der Waals surface area contributed by atoms with Crippen molar-refractivity contribution in [1.29, 1.82) is 0 Å². The average Bonchev–Trinajstić information content (AvgIpc) is 3.18. The molecule has 0 heterocycles. The molecule has 1 aromatic rings. The number of nitro benzene ring substituents is 1. The van der Waals surface area contributed by atoms with Crippen LogP contribution in [0.2, 0.25) is 0 Å². The number of ether oxygens (including phenoxy) is 2. The first kappa shape index (κ1) is 13.1. The number of hydrogen-bond acceptors (Lipinski definition) is 5. The quantitative estimate of drug-likeness (QED) is 0.644. The topological polar surface area (TPSA) is 98.9 Å². The summed E-state index contributed by atoms with van der Waals surface area (Å²) >= 11 is 0. The second-order valence-corrected chi connectivity index (χ2v) is 4.37. The Hall–Kier alpha value is -2.31. The van der Waals surface area contributed by atoms with Crippen LogP contribution >= 0.6 is 0 Å². The van der Waals surface area contributed by atoms with E-state index in [0.29, 0.717) is 12.8 Å². The monoisotopic (exact) mass is 267 g/mol. The second-order valence-electron chi connectivity index (χ2n) is 4.37. The molecule has 1 fully saturated rings. The highest BCUT2D eigenvalue weighted by Gasteiger charge is 2.55. The first-order valence-electron chi connectivity index (χ1n) is 5.60. The van der Waals surface area contributed by atoms with Gasteiger partial charge in [-0.1, -0.05) is 0 Å². The Kier molecular flexibility index (Phi) is 3.05. The van der Waals surface area contributed by atoms with Crippen LogP contribution in [0.3, 0.4) is 0 Å². The van der Waals surface area contributed by atoms with Crippen molar-refractivity contribution in [1.82, 2.24) is 0 Å². The van der Waals surface area contributed by atoms with E-state index in [-0.39, 0.29) is 22.7 Å². The van der Waals surface area contributed by atoms with Gasteiger partial charge in [0.25, 0.3) is 5.69 Å². The molecular weight excluding hydrogens is 254 g/mol. The Morgan fingerprint density at radius 3 is 2.21 bits per heavy atom. The first-order chi connectivity index (χ1) is 8.96. The van der Waals surface area contributed by atoms with Gasteiger partial charge in [-0.15, -0.1) is 0 Å². The Morgan fingerprint density at radius 1 is 1.32 bits per heavy atom. The minimum atomic E-state index is -1.16. The van der Waals surface area contributed by atoms with Gasteiger partial charge in [0.2, 0.25) is 0 Å². The lowest BCUT2D eigenvalue weighted by atomic mass is 9.94. The zero-order chi connectivity index (χ0) is 14.2. The van der Waals surface area contributed by atoms with Crippen LogP contribution < -0.4 is 9.47 Å². The number of carboxylic acid groups (broad SMARTS) is 1. The van der Waals surface area contributed by atoms with Gasteiger partial charge in [0.05, 0.1) is 36.2 Å². The molecule has 102 valence electrons. The smallest absolute Gasteiger partial charge is 0.314 e. The van der Waals surface area contributed by atoms with Crippen LogP contribution in [0.4, 0.5) is 5.69 Å². The summed E-state index contributed by atoms with van der Waals surface area (Å²) in [6.45, 7) is 0. The number of methoxy groups -OCH3 is 2. The van der Waals surface area contributed by atoms with Crippen LogP contribution in [0.25, 0.3) is 0 Å². The van der Waals surface area contributed by atoms with Gasteiger partial charge in [0.1, 0.15) is 0 Å². The molecular formula is C12H13NO6. The molecule has 1 aromatic carbocycles. The van der Waals surface area contributed by atoms with E-state index >= 15 is 0 Å². The van der Waals surface area contributed by atoms with Gasteiger partial charge < -0.3 is 14.6 Å². The maximum Gasteiger partial charge on any atom is 0.314 e. The van der Waals surface area contributed by atoms with E-state index in [1.807, 2.05) is 0 Å². The fourth-order valence-electron chi connectivity index (χ4n) is 2.13. The normalized spacial score (nSPS) is 15.7. The predicted molar refractivity (Wildman–Crippen MR) is 64.7 cm³/mol. The molecule has 0 amide bonds. The van der Waals surface area contributed by atoms with Gasteiger partial charge in [-0.3, -0.25) is 14.9 Å². The molecule has 0 atom stereocenters. The third kappa shape index (κ3) is 1.96. The van der Waals surface area contributed by atoms with Gasteiger partial charge in [0.15, 0.2) is 11.5 Å². The maximum atomic E-state index is 11.3. The van der Waals surface area contributed by atoms with E-state index < -0.39 is 16.3 Å². The number of carboxylic acids is 1. The molecule has 7 heteroatoms. The number of nitrogens with zero attached hydrogens (tertiary/aromatic N) is 1. The molecule has 0 unspecified atom stereocenters. The summed E-state index contributed by atoms with van der Waals surface area (Å²) in [6.07, 6.45) is 0.775. The first-order valence-corrected chi connectivity index (χ1v) is 5.60. The molecule has 2 rings (SSSR count). The van der Waals surface area contributed by atoms with Crippen LogP contribution in [-0.2, 0) is 10.2 Å². The van der Waals surface area contributed by atoms with Gasteiger partial charge in [-0.25, -0.2) is 0 Å². The van der Waals surface area contributed by atoms with Crippen LogP contribution in [0.1, 0.15) is 18.4 Å². The largest absolute Gasteiger partial charge is 0.493 e. The maximum absolute atomic E-state index is 11.3. The number of rotatable bonds is 5. The van der Waals surface area contributed by atoms with Crippen molar-refractivity contribution in [2.24, 2.45) is 0 Å². The molecule has 0 aliphatic heterocycles. The molecule has 19 heavy (non-hydrogen) atoms. The van der Waals surface area contributed by atoms with E-state index in [0.717, 1.165) is 0 Å². The highest BCUT2D eigenvalue weighted by molar-refractivity contribution is 5.87. The van der Waals surface area contributed by atoms with E-state index in [4.69, 9.17) is 9.47 Å². The number of carbonyl (C=O) groups is 1. The summed E-state index contributed by atoms with van der Waals surface area (Å²) in [5.41, 5.74) is -1.25. The average molecular weight is 267 g/mol. The van der Waals surface area contributed by atoms with Gasteiger partial charge in [-0.2, -0.15) is 0 Å². The number of aliphatic carboxylic acids is 1. The summed E-state index contributed by atoms with van der Waals surface area (Å²) in [5.74, 6) is -0.558. The van der Waals surface area contributed by atoms with Gasteiger partial charge in [-0.05, 0) is 18.9 Å². The summed E-state index contributed by atoms with van der Waals surface area (Å²) in [7, 11) is 2.76.